The summed E-state index contributed by atoms with van der Waals surface area (Å²) in [6.07, 6.45) is 0. The van der Waals surface area contributed by atoms with Gasteiger partial charge in [0.25, 0.3) is 0 Å². The number of nitrogens with zero attached hydrogens (tertiary/aromatic N) is 2. The zero-order valence-corrected chi connectivity index (χ0v) is 15.5. The topological polar surface area (TPSA) is 49.9 Å². The van der Waals surface area contributed by atoms with Crippen molar-refractivity contribution in [3.63, 3.8) is 0 Å². The van der Waals surface area contributed by atoms with Gasteiger partial charge in [0.2, 0.25) is 5.91 Å². The number of hydrogen-bond donors (Lipinski definition) is 0. The van der Waals surface area contributed by atoms with Crippen molar-refractivity contribution < 1.29 is 14.3 Å². The monoisotopic (exact) mass is 352 g/mol. The highest BCUT2D eigenvalue weighted by Gasteiger charge is 2.34. The third-order valence-electron chi connectivity index (χ3n) is 4.22. The number of piperazine rings is 1. The van der Waals surface area contributed by atoms with Gasteiger partial charge >= 0.3 is 5.97 Å². The largest absolute Gasteiger partial charge is 0.468 e. The lowest BCUT2D eigenvalue weighted by Gasteiger charge is -2.40. The van der Waals surface area contributed by atoms with Gasteiger partial charge in [-0.1, -0.05) is 44.5 Å². The molecular formula is C18H25ClN2O3. The molecule has 1 fully saturated rings. The molecule has 1 saturated heterocycles. The molecule has 2 rings (SSSR count). The average molecular weight is 353 g/mol. The molecule has 0 spiro atoms. The number of hydrogen-bond acceptors (Lipinski definition) is 4. The molecule has 6 heteroatoms. The van der Waals surface area contributed by atoms with Crippen molar-refractivity contribution in [2.75, 3.05) is 33.3 Å². The number of carbonyl (C=O) groups is 2. The van der Waals surface area contributed by atoms with E-state index in [1.807, 2.05) is 37.8 Å². The Bertz CT molecular complexity index is 587. The predicted molar refractivity (Wildman–Crippen MR) is 93.8 cm³/mol. The molecule has 24 heavy (non-hydrogen) atoms. The van der Waals surface area contributed by atoms with Gasteiger partial charge in [-0.05, 0) is 17.7 Å². The number of ether oxygens (including phenoxy) is 1. The molecule has 1 aliphatic heterocycles. The number of carbonyl (C=O) groups excluding carboxylic acids is 2. The minimum atomic E-state index is -0.473. The molecule has 0 bridgehead atoms. The summed E-state index contributed by atoms with van der Waals surface area (Å²) >= 11 is 5.94. The van der Waals surface area contributed by atoms with E-state index in [1.165, 1.54) is 7.11 Å². The van der Waals surface area contributed by atoms with E-state index in [1.54, 1.807) is 12.1 Å². The van der Waals surface area contributed by atoms with Crippen LogP contribution < -0.4 is 0 Å². The highest BCUT2D eigenvalue weighted by atomic mass is 35.5. The molecular weight excluding hydrogens is 328 g/mol. The van der Waals surface area contributed by atoms with Crippen LogP contribution in [0.3, 0.4) is 0 Å². The number of methoxy groups -OCH3 is 1. The zero-order valence-electron chi connectivity index (χ0n) is 14.7. The van der Waals surface area contributed by atoms with Gasteiger partial charge in [-0.25, -0.2) is 4.79 Å². The molecule has 5 nitrogen and oxygen atoms in total. The lowest BCUT2D eigenvalue weighted by Crippen LogP contribution is -2.53. The van der Waals surface area contributed by atoms with Crippen molar-refractivity contribution in [2.24, 2.45) is 5.41 Å². The molecule has 0 N–H and O–H groups in total. The first-order valence-corrected chi connectivity index (χ1v) is 8.48. The molecule has 1 aromatic carbocycles. The maximum atomic E-state index is 12.4. The standard InChI is InChI=1S/C18H25ClN2O3/c1-18(2,3)17(23)21-11-9-20(10-12-21)15(16(22)24-4)13-5-7-14(19)8-6-13/h5-8,15H,9-12H2,1-4H3. The van der Waals surface area contributed by atoms with E-state index in [2.05, 4.69) is 4.90 Å². The van der Waals surface area contributed by atoms with Crippen LogP contribution in [0.25, 0.3) is 0 Å². The molecule has 132 valence electrons. The van der Waals surface area contributed by atoms with Crippen molar-refractivity contribution in [2.45, 2.75) is 26.8 Å². The van der Waals surface area contributed by atoms with Gasteiger partial charge in [0, 0.05) is 36.6 Å². The molecule has 1 aromatic rings. The molecule has 1 atom stereocenters. The van der Waals surface area contributed by atoms with Crippen molar-refractivity contribution in [1.82, 2.24) is 9.80 Å². The Labute approximate surface area is 148 Å². The Morgan fingerprint density at radius 1 is 1.08 bits per heavy atom. The van der Waals surface area contributed by atoms with E-state index in [0.717, 1.165) is 5.56 Å². The van der Waals surface area contributed by atoms with Crippen LogP contribution >= 0.6 is 11.6 Å². The summed E-state index contributed by atoms with van der Waals surface area (Å²) in [5.74, 6) is -0.156. The Morgan fingerprint density at radius 3 is 2.08 bits per heavy atom. The second kappa shape index (κ2) is 7.53. The number of halogens is 1. The Kier molecular flexibility index (Phi) is 5.88. The van der Waals surface area contributed by atoms with Crippen molar-refractivity contribution in [3.8, 4) is 0 Å². The number of benzene rings is 1. The highest BCUT2D eigenvalue weighted by molar-refractivity contribution is 6.30. The van der Waals surface area contributed by atoms with E-state index >= 15 is 0 Å². The fourth-order valence-corrected chi connectivity index (χ4v) is 3.04. The molecule has 0 radical (unpaired) electrons. The van der Waals surface area contributed by atoms with Crippen LogP contribution in [0, 0.1) is 5.41 Å². The van der Waals surface area contributed by atoms with Gasteiger partial charge < -0.3 is 9.64 Å². The van der Waals surface area contributed by atoms with Gasteiger partial charge in [0.1, 0.15) is 6.04 Å². The van der Waals surface area contributed by atoms with Crippen LogP contribution in [-0.4, -0.2) is 55.0 Å². The summed E-state index contributed by atoms with van der Waals surface area (Å²) in [5, 5.41) is 0.628. The van der Waals surface area contributed by atoms with Gasteiger partial charge in [-0.2, -0.15) is 0 Å². The number of amides is 1. The second-order valence-corrected chi connectivity index (χ2v) is 7.49. The Morgan fingerprint density at radius 2 is 1.62 bits per heavy atom. The predicted octanol–water partition coefficient (Wildman–Crippen LogP) is 2.74. The molecule has 1 aliphatic rings. The van der Waals surface area contributed by atoms with E-state index in [9.17, 15) is 9.59 Å². The van der Waals surface area contributed by atoms with Crippen LogP contribution in [0.15, 0.2) is 24.3 Å². The van der Waals surface area contributed by atoms with Crippen LogP contribution in [0.5, 0.6) is 0 Å². The molecule has 0 saturated carbocycles. The van der Waals surface area contributed by atoms with Crippen LogP contribution in [0.1, 0.15) is 32.4 Å². The van der Waals surface area contributed by atoms with Crippen molar-refractivity contribution >= 4 is 23.5 Å². The quantitative estimate of drug-likeness (QED) is 0.785. The highest BCUT2D eigenvalue weighted by Crippen LogP contribution is 2.26. The fourth-order valence-electron chi connectivity index (χ4n) is 2.91. The van der Waals surface area contributed by atoms with Crippen LogP contribution in [0.2, 0.25) is 5.02 Å². The lowest BCUT2D eigenvalue weighted by atomic mass is 9.94. The molecule has 0 aromatic heterocycles. The molecule has 0 aliphatic carbocycles. The first-order valence-electron chi connectivity index (χ1n) is 8.11. The fraction of sp³-hybridized carbons (Fsp3) is 0.556. The number of rotatable bonds is 3. The summed E-state index contributed by atoms with van der Waals surface area (Å²) in [4.78, 5) is 28.6. The SMILES string of the molecule is COC(=O)C(c1ccc(Cl)cc1)N1CCN(C(=O)C(C)(C)C)CC1. The summed E-state index contributed by atoms with van der Waals surface area (Å²) in [7, 11) is 1.39. The summed E-state index contributed by atoms with van der Waals surface area (Å²) in [5.41, 5.74) is 0.460. The Balaban J connectivity index is 2.12. The Hall–Kier alpha value is -1.59. The van der Waals surface area contributed by atoms with E-state index in [0.29, 0.717) is 31.2 Å². The second-order valence-electron chi connectivity index (χ2n) is 7.06. The zero-order chi connectivity index (χ0) is 17.9. The van der Waals surface area contributed by atoms with Gasteiger partial charge in [0.15, 0.2) is 0 Å². The normalized spacial score (nSPS) is 17.5. The van der Waals surface area contributed by atoms with Crippen molar-refractivity contribution in [3.05, 3.63) is 34.9 Å². The lowest BCUT2D eigenvalue weighted by molar-refractivity contribution is -0.149. The molecule has 1 heterocycles. The maximum Gasteiger partial charge on any atom is 0.327 e. The molecule has 1 amide bonds. The van der Waals surface area contributed by atoms with Gasteiger partial charge in [0.05, 0.1) is 7.11 Å². The summed E-state index contributed by atoms with van der Waals surface area (Å²) < 4.78 is 4.98. The molecule has 1 unspecified atom stereocenters. The minimum Gasteiger partial charge on any atom is -0.468 e. The van der Waals surface area contributed by atoms with E-state index < -0.39 is 6.04 Å². The smallest absolute Gasteiger partial charge is 0.327 e. The average Bonchev–Trinajstić information content (AvgIpc) is 2.55. The van der Waals surface area contributed by atoms with E-state index in [4.69, 9.17) is 16.3 Å². The number of esters is 1. The van der Waals surface area contributed by atoms with Crippen LogP contribution in [-0.2, 0) is 14.3 Å². The third kappa shape index (κ3) is 4.28. The summed E-state index contributed by atoms with van der Waals surface area (Å²) in [6, 6.07) is 6.75. The first-order chi connectivity index (χ1) is 11.2. The van der Waals surface area contributed by atoms with Crippen LogP contribution in [0.4, 0.5) is 0 Å². The first kappa shape index (κ1) is 18.7. The van der Waals surface area contributed by atoms with Crippen molar-refractivity contribution in [1.29, 1.82) is 0 Å². The third-order valence-corrected chi connectivity index (χ3v) is 4.47. The maximum absolute atomic E-state index is 12.4. The van der Waals surface area contributed by atoms with Gasteiger partial charge in [-0.3, -0.25) is 9.69 Å². The van der Waals surface area contributed by atoms with Gasteiger partial charge in [-0.15, -0.1) is 0 Å². The summed E-state index contributed by atoms with van der Waals surface area (Å²) in [6.45, 7) is 8.24. The minimum absolute atomic E-state index is 0.142. The van der Waals surface area contributed by atoms with E-state index in [-0.39, 0.29) is 17.3 Å².